The van der Waals surface area contributed by atoms with Gasteiger partial charge in [-0.15, -0.1) is 0 Å². The molecule has 0 bridgehead atoms. The zero-order valence-electron chi connectivity index (χ0n) is 15.4. The van der Waals surface area contributed by atoms with Gasteiger partial charge in [0, 0.05) is 16.8 Å². The van der Waals surface area contributed by atoms with E-state index in [0.717, 1.165) is 33.8 Å². The number of methoxy groups -OCH3 is 1. The smallest absolute Gasteiger partial charge is 0.225 e. The molecule has 1 aromatic heterocycles. The number of aliphatic hydroxyl groups is 1. The maximum absolute atomic E-state index is 12.6. The number of aromatic nitrogens is 2. The van der Waals surface area contributed by atoms with Crippen molar-refractivity contribution in [3.63, 3.8) is 0 Å². The highest BCUT2D eigenvalue weighted by Gasteiger charge is 2.19. The van der Waals surface area contributed by atoms with Gasteiger partial charge in [-0.05, 0) is 36.8 Å². The first-order chi connectivity index (χ1) is 13.1. The summed E-state index contributed by atoms with van der Waals surface area (Å²) < 4.78 is 5.19. The highest BCUT2D eigenvalue weighted by molar-refractivity contribution is 5.82. The van der Waals surface area contributed by atoms with Gasteiger partial charge in [0.15, 0.2) is 0 Å². The SMILES string of the molecule is COc1ccc(-c2n[nH]c(C)c2CC(=O)N[C@H](CO)c2ccccc2)cc1. The van der Waals surface area contributed by atoms with E-state index in [4.69, 9.17) is 4.74 Å². The molecule has 0 fully saturated rings. The second-order valence-electron chi connectivity index (χ2n) is 6.29. The van der Waals surface area contributed by atoms with Gasteiger partial charge in [-0.1, -0.05) is 30.3 Å². The Kier molecular flexibility index (Phi) is 5.88. The third-order valence-electron chi connectivity index (χ3n) is 4.49. The number of H-pyrrole nitrogens is 1. The van der Waals surface area contributed by atoms with Crippen molar-refractivity contribution in [2.24, 2.45) is 0 Å². The van der Waals surface area contributed by atoms with Crippen LogP contribution in [0.1, 0.15) is 22.9 Å². The molecule has 0 saturated carbocycles. The third kappa shape index (κ3) is 4.35. The molecule has 3 N–H and O–H groups in total. The van der Waals surface area contributed by atoms with Gasteiger partial charge in [0.05, 0.1) is 31.9 Å². The molecule has 0 aliphatic rings. The number of benzene rings is 2. The number of carbonyl (C=O) groups is 1. The van der Waals surface area contributed by atoms with Crippen molar-refractivity contribution >= 4 is 5.91 Å². The maximum Gasteiger partial charge on any atom is 0.225 e. The molecule has 3 rings (SSSR count). The summed E-state index contributed by atoms with van der Waals surface area (Å²) in [6.45, 7) is 1.73. The van der Waals surface area contributed by atoms with Gasteiger partial charge in [-0.25, -0.2) is 0 Å². The van der Waals surface area contributed by atoms with E-state index in [1.54, 1.807) is 7.11 Å². The summed E-state index contributed by atoms with van der Waals surface area (Å²) in [7, 11) is 1.62. The number of aromatic amines is 1. The molecule has 6 heteroatoms. The molecule has 3 aromatic rings. The normalized spacial score (nSPS) is 11.8. The number of amides is 1. The predicted molar refractivity (Wildman–Crippen MR) is 103 cm³/mol. The van der Waals surface area contributed by atoms with Crippen molar-refractivity contribution in [2.45, 2.75) is 19.4 Å². The summed E-state index contributed by atoms with van der Waals surface area (Å²) in [5.74, 6) is 0.594. The first kappa shape index (κ1) is 18.7. The first-order valence-corrected chi connectivity index (χ1v) is 8.75. The lowest BCUT2D eigenvalue weighted by atomic mass is 10.0. The lowest BCUT2D eigenvalue weighted by Crippen LogP contribution is -2.32. The van der Waals surface area contributed by atoms with Crippen LogP contribution in [0.4, 0.5) is 0 Å². The van der Waals surface area contributed by atoms with Crippen molar-refractivity contribution < 1.29 is 14.6 Å². The van der Waals surface area contributed by atoms with E-state index < -0.39 is 6.04 Å². The van der Waals surface area contributed by atoms with Gasteiger partial charge in [0.1, 0.15) is 5.75 Å². The molecule has 0 unspecified atom stereocenters. The van der Waals surface area contributed by atoms with Crippen LogP contribution >= 0.6 is 0 Å². The van der Waals surface area contributed by atoms with E-state index >= 15 is 0 Å². The van der Waals surface area contributed by atoms with Gasteiger partial charge in [0.25, 0.3) is 0 Å². The number of ether oxygens (including phenoxy) is 1. The molecule has 0 saturated heterocycles. The molecular formula is C21H23N3O3. The number of aliphatic hydroxyl groups excluding tert-OH is 1. The number of rotatable bonds is 7. The first-order valence-electron chi connectivity index (χ1n) is 8.75. The van der Waals surface area contributed by atoms with Crippen LogP contribution in [-0.2, 0) is 11.2 Å². The van der Waals surface area contributed by atoms with Gasteiger partial charge < -0.3 is 15.2 Å². The van der Waals surface area contributed by atoms with Gasteiger partial charge in [-0.2, -0.15) is 5.10 Å². The van der Waals surface area contributed by atoms with Crippen LogP contribution in [0.2, 0.25) is 0 Å². The number of nitrogens with zero attached hydrogens (tertiary/aromatic N) is 1. The molecule has 1 amide bonds. The van der Waals surface area contributed by atoms with Crippen molar-refractivity contribution in [1.29, 1.82) is 0 Å². The Morgan fingerprint density at radius 1 is 1.19 bits per heavy atom. The molecular weight excluding hydrogens is 342 g/mol. The highest BCUT2D eigenvalue weighted by Crippen LogP contribution is 2.26. The third-order valence-corrected chi connectivity index (χ3v) is 4.49. The molecule has 0 aliphatic carbocycles. The average Bonchev–Trinajstić information content (AvgIpc) is 3.07. The van der Waals surface area contributed by atoms with Crippen LogP contribution in [0, 0.1) is 6.92 Å². The van der Waals surface area contributed by atoms with E-state index in [0.29, 0.717) is 0 Å². The van der Waals surface area contributed by atoms with Crippen molar-refractivity contribution in [3.05, 3.63) is 71.4 Å². The molecule has 1 heterocycles. The van der Waals surface area contributed by atoms with Crippen LogP contribution in [0.25, 0.3) is 11.3 Å². The Hall–Kier alpha value is -3.12. The summed E-state index contributed by atoms with van der Waals surface area (Å²) in [6, 6.07) is 16.5. The molecule has 1 atom stereocenters. The van der Waals surface area contributed by atoms with E-state index in [9.17, 15) is 9.90 Å². The number of nitrogens with one attached hydrogen (secondary N) is 2. The quantitative estimate of drug-likeness (QED) is 0.601. The van der Waals surface area contributed by atoms with E-state index in [2.05, 4.69) is 15.5 Å². The van der Waals surface area contributed by atoms with Crippen molar-refractivity contribution in [3.8, 4) is 17.0 Å². The Balaban J connectivity index is 1.77. The van der Waals surface area contributed by atoms with E-state index in [1.165, 1.54) is 0 Å². The molecule has 0 aliphatic heterocycles. The fourth-order valence-corrected chi connectivity index (χ4v) is 2.98. The standard InChI is InChI=1S/C21H23N3O3/c1-14-18(21(24-23-14)16-8-10-17(27-2)11-9-16)12-20(26)22-19(13-25)15-6-4-3-5-7-15/h3-11,19,25H,12-13H2,1-2H3,(H,22,26)(H,23,24)/t19-/m1/s1. The fourth-order valence-electron chi connectivity index (χ4n) is 2.98. The molecule has 140 valence electrons. The summed E-state index contributed by atoms with van der Waals surface area (Å²) >= 11 is 0. The van der Waals surface area contributed by atoms with E-state index in [-0.39, 0.29) is 18.9 Å². The lowest BCUT2D eigenvalue weighted by molar-refractivity contribution is -0.121. The van der Waals surface area contributed by atoms with Crippen LogP contribution in [0.5, 0.6) is 5.75 Å². The van der Waals surface area contributed by atoms with Crippen molar-refractivity contribution in [1.82, 2.24) is 15.5 Å². The average molecular weight is 365 g/mol. The summed E-state index contributed by atoms with van der Waals surface area (Å²) in [5.41, 5.74) is 4.20. The minimum Gasteiger partial charge on any atom is -0.497 e. The number of carbonyl (C=O) groups excluding carboxylic acids is 1. The summed E-state index contributed by atoms with van der Waals surface area (Å²) in [5, 5.41) is 19.9. The number of hydrogen-bond donors (Lipinski definition) is 3. The minimum absolute atomic E-state index is 0.161. The topological polar surface area (TPSA) is 87.2 Å². The van der Waals surface area contributed by atoms with Gasteiger partial charge >= 0.3 is 0 Å². The van der Waals surface area contributed by atoms with Gasteiger partial charge in [-0.3, -0.25) is 9.89 Å². The van der Waals surface area contributed by atoms with Crippen LogP contribution in [0.15, 0.2) is 54.6 Å². The van der Waals surface area contributed by atoms with E-state index in [1.807, 2.05) is 61.5 Å². The predicted octanol–water partition coefficient (Wildman–Crippen LogP) is 2.79. The zero-order chi connectivity index (χ0) is 19.2. The Morgan fingerprint density at radius 2 is 1.89 bits per heavy atom. The second-order valence-corrected chi connectivity index (χ2v) is 6.29. The Bertz CT molecular complexity index is 889. The monoisotopic (exact) mass is 365 g/mol. The molecule has 0 spiro atoms. The lowest BCUT2D eigenvalue weighted by Gasteiger charge is -2.17. The fraction of sp³-hybridized carbons (Fsp3) is 0.238. The highest BCUT2D eigenvalue weighted by atomic mass is 16.5. The summed E-state index contributed by atoms with van der Waals surface area (Å²) in [4.78, 5) is 12.6. The van der Waals surface area contributed by atoms with Crippen LogP contribution in [0.3, 0.4) is 0 Å². The molecule has 27 heavy (non-hydrogen) atoms. The number of hydrogen-bond acceptors (Lipinski definition) is 4. The number of aryl methyl sites for hydroxylation is 1. The largest absolute Gasteiger partial charge is 0.497 e. The Morgan fingerprint density at radius 3 is 2.52 bits per heavy atom. The Labute approximate surface area is 158 Å². The molecule has 2 aromatic carbocycles. The molecule has 6 nitrogen and oxygen atoms in total. The van der Waals surface area contributed by atoms with Crippen molar-refractivity contribution in [2.75, 3.05) is 13.7 Å². The van der Waals surface area contributed by atoms with Gasteiger partial charge in [0.2, 0.25) is 5.91 Å². The van der Waals surface area contributed by atoms with Crippen LogP contribution in [-0.4, -0.2) is 34.9 Å². The molecule has 0 radical (unpaired) electrons. The minimum atomic E-state index is -0.435. The summed E-state index contributed by atoms with van der Waals surface area (Å²) in [6.07, 6.45) is 0.174. The van der Waals surface area contributed by atoms with Crippen LogP contribution < -0.4 is 10.1 Å². The zero-order valence-corrected chi connectivity index (χ0v) is 15.4. The maximum atomic E-state index is 12.6. The second kappa shape index (κ2) is 8.51.